The molecule has 0 aromatic heterocycles. The van der Waals surface area contributed by atoms with Crippen LogP contribution in [0.5, 0.6) is 0 Å². The monoisotopic (exact) mass is 393 g/mol. The van der Waals surface area contributed by atoms with Gasteiger partial charge in [-0.25, -0.2) is 0 Å². The fourth-order valence-corrected chi connectivity index (χ4v) is 4.15. The molecular weight excluding hydrogens is 362 g/mol. The standard InChI is InChI=1S/C21H31N3O2.ClH/c1-22-13-10-17-11-15-23(16-12-17)21(26)20(18-7-3-2-4-8-18)24-14-6-5-9-19(24)25;/h2-4,7-8,17,20,22H,5-6,9-16H2,1H3;1H. The predicted molar refractivity (Wildman–Crippen MR) is 110 cm³/mol. The minimum absolute atomic E-state index is 0. The molecule has 0 bridgehead atoms. The Morgan fingerprint density at radius 2 is 1.85 bits per heavy atom. The molecule has 6 heteroatoms. The van der Waals surface area contributed by atoms with Gasteiger partial charge in [0.1, 0.15) is 6.04 Å². The molecule has 27 heavy (non-hydrogen) atoms. The highest BCUT2D eigenvalue weighted by molar-refractivity contribution is 5.89. The van der Waals surface area contributed by atoms with E-state index in [-0.39, 0.29) is 24.2 Å². The van der Waals surface area contributed by atoms with Gasteiger partial charge in [-0.15, -0.1) is 12.4 Å². The summed E-state index contributed by atoms with van der Waals surface area (Å²) < 4.78 is 0. The van der Waals surface area contributed by atoms with Crippen molar-refractivity contribution in [3.05, 3.63) is 35.9 Å². The lowest BCUT2D eigenvalue weighted by atomic mass is 9.92. The number of piperidine rings is 2. The van der Waals surface area contributed by atoms with Crippen LogP contribution in [0.25, 0.3) is 0 Å². The highest BCUT2D eigenvalue weighted by atomic mass is 35.5. The summed E-state index contributed by atoms with van der Waals surface area (Å²) in [5.74, 6) is 0.902. The quantitative estimate of drug-likeness (QED) is 0.808. The number of hydrogen-bond acceptors (Lipinski definition) is 3. The van der Waals surface area contributed by atoms with Gasteiger partial charge in [0.05, 0.1) is 0 Å². The van der Waals surface area contributed by atoms with Crippen molar-refractivity contribution in [2.75, 3.05) is 33.2 Å². The number of carbonyl (C=O) groups is 2. The van der Waals surface area contributed by atoms with Crippen molar-refractivity contribution in [3.8, 4) is 0 Å². The van der Waals surface area contributed by atoms with Crippen LogP contribution in [-0.4, -0.2) is 54.8 Å². The summed E-state index contributed by atoms with van der Waals surface area (Å²) in [6.07, 6.45) is 5.76. The minimum atomic E-state index is -0.460. The molecule has 2 amide bonds. The maximum atomic E-state index is 13.4. The van der Waals surface area contributed by atoms with Crippen LogP contribution in [0.1, 0.15) is 50.1 Å². The lowest BCUT2D eigenvalue weighted by Gasteiger charge is -2.39. The van der Waals surface area contributed by atoms with Crippen LogP contribution in [0.15, 0.2) is 30.3 Å². The number of halogens is 1. The van der Waals surface area contributed by atoms with Crippen molar-refractivity contribution in [2.45, 2.75) is 44.6 Å². The van der Waals surface area contributed by atoms with Crippen LogP contribution >= 0.6 is 12.4 Å². The Kier molecular flexibility index (Phi) is 8.58. The van der Waals surface area contributed by atoms with E-state index < -0.39 is 6.04 Å². The Hall–Kier alpha value is -1.59. The number of nitrogens with one attached hydrogen (secondary N) is 1. The SMILES string of the molecule is CNCCC1CCN(C(=O)C(c2ccccc2)N2CCCCC2=O)CC1.Cl. The molecule has 1 atom stereocenters. The second kappa shape index (κ2) is 10.7. The van der Waals surface area contributed by atoms with Crippen LogP contribution < -0.4 is 5.32 Å². The Morgan fingerprint density at radius 3 is 2.48 bits per heavy atom. The van der Waals surface area contributed by atoms with Gasteiger partial charge in [0.2, 0.25) is 11.8 Å². The summed E-state index contributed by atoms with van der Waals surface area (Å²) in [6.45, 7) is 3.33. The second-order valence-electron chi connectivity index (χ2n) is 7.52. The molecule has 5 nitrogen and oxygen atoms in total. The predicted octanol–water partition coefficient (Wildman–Crippen LogP) is 3.01. The van der Waals surface area contributed by atoms with Crippen molar-refractivity contribution >= 4 is 24.2 Å². The van der Waals surface area contributed by atoms with Gasteiger partial charge in [-0.1, -0.05) is 30.3 Å². The molecule has 1 N–H and O–H groups in total. The van der Waals surface area contributed by atoms with Gasteiger partial charge >= 0.3 is 0 Å². The van der Waals surface area contributed by atoms with Gasteiger partial charge in [0.25, 0.3) is 0 Å². The number of carbonyl (C=O) groups excluding carboxylic acids is 2. The largest absolute Gasteiger partial charge is 0.341 e. The van der Waals surface area contributed by atoms with Crippen LogP contribution in [-0.2, 0) is 9.59 Å². The van der Waals surface area contributed by atoms with E-state index in [9.17, 15) is 9.59 Å². The van der Waals surface area contributed by atoms with Gasteiger partial charge < -0.3 is 15.1 Å². The molecule has 0 spiro atoms. The summed E-state index contributed by atoms with van der Waals surface area (Å²) in [6, 6.07) is 9.35. The second-order valence-corrected chi connectivity index (χ2v) is 7.52. The lowest BCUT2D eigenvalue weighted by Crippen LogP contribution is -2.49. The van der Waals surface area contributed by atoms with Gasteiger partial charge in [-0.05, 0) is 57.2 Å². The number of nitrogens with zero attached hydrogens (tertiary/aromatic N) is 2. The van der Waals surface area contributed by atoms with Crippen molar-refractivity contribution in [1.82, 2.24) is 15.1 Å². The van der Waals surface area contributed by atoms with E-state index in [0.717, 1.165) is 50.9 Å². The summed E-state index contributed by atoms with van der Waals surface area (Å²) >= 11 is 0. The van der Waals surface area contributed by atoms with E-state index in [1.54, 1.807) is 0 Å². The summed E-state index contributed by atoms with van der Waals surface area (Å²) in [5.41, 5.74) is 0.935. The van der Waals surface area contributed by atoms with Gasteiger partial charge in [-0.2, -0.15) is 0 Å². The zero-order valence-electron chi connectivity index (χ0n) is 16.2. The Labute approximate surface area is 168 Å². The first-order chi connectivity index (χ1) is 12.7. The van der Waals surface area contributed by atoms with Crippen LogP contribution in [0, 0.1) is 5.92 Å². The van der Waals surface area contributed by atoms with Crippen molar-refractivity contribution in [1.29, 1.82) is 0 Å². The molecule has 0 radical (unpaired) electrons. The van der Waals surface area contributed by atoms with E-state index in [0.29, 0.717) is 18.9 Å². The smallest absolute Gasteiger partial charge is 0.250 e. The van der Waals surface area contributed by atoms with E-state index >= 15 is 0 Å². The topological polar surface area (TPSA) is 52.7 Å². The molecule has 150 valence electrons. The van der Waals surface area contributed by atoms with Gasteiger partial charge in [0, 0.05) is 26.1 Å². The molecule has 2 aliphatic heterocycles. The number of amides is 2. The van der Waals surface area contributed by atoms with E-state index in [2.05, 4.69) is 5.32 Å². The average Bonchev–Trinajstić information content (AvgIpc) is 2.69. The first kappa shape index (κ1) is 21.7. The third-order valence-corrected chi connectivity index (χ3v) is 5.75. The maximum Gasteiger partial charge on any atom is 0.250 e. The number of hydrogen-bond donors (Lipinski definition) is 1. The number of benzene rings is 1. The van der Waals surface area contributed by atoms with Crippen LogP contribution in [0.3, 0.4) is 0 Å². The molecular formula is C21H32ClN3O2. The number of likely N-dealkylation sites (tertiary alicyclic amines) is 2. The molecule has 0 aliphatic carbocycles. The molecule has 3 rings (SSSR count). The van der Waals surface area contributed by atoms with Crippen LogP contribution in [0.4, 0.5) is 0 Å². The zero-order chi connectivity index (χ0) is 18.4. The third kappa shape index (κ3) is 5.45. The molecule has 2 aliphatic rings. The van der Waals surface area contributed by atoms with Crippen LogP contribution in [0.2, 0.25) is 0 Å². The average molecular weight is 394 g/mol. The van der Waals surface area contributed by atoms with E-state index in [1.165, 1.54) is 6.42 Å². The van der Waals surface area contributed by atoms with Crippen molar-refractivity contribution in [3.63, 3.8) is 0 Å². The lowest BCUT2D eigenvalue weighted by molar-refractivity contribution is -0.148. The maximum absolute atomic E-state index is 13.4. The molecule has 1 unspecified atom stereocenters. The van der Waals surface area contributed by atoms with Gasteiger partial charge in [-0.3, -0.25) is 9.59 Å². The van der Waals surface area contributed by atoms with E-state index in [4.69, 9.17) is 0 Å². The summed E-state index contributed by atoms with van der Waals surface area (Å²) in [7, 11) is 1.98. The Bertz CT molecular complexity index is 603. The molecule has 1 aromatic carbocycles. The first-order valence-electron chi connectivity index (χ1n) is 9.98. The summed E-state index contributed by atoms with van der Waals surface area (Å²) in [4.78, 5) is 29.7. The van der Waals surface area contributed by atoms with E-state index in [1.807, 2.05) is 47.2 Å². The van der Waals surface area contributed by atoms with Gasteiger partial charge in [0.15, 0.2) is 0 Å². The zero-order valence-corrected chi connectivity index (χ0v) is 17.0. The molecule has 2 heterocycles. The third-order valence-electron chi connectivity index (χ3n) is 5.75. The fraction of sp³-hybridized carbons (Fsp3) is 0.619. The minimum Gasteiger partial charge on any atom is -0.341 e. The summed E-state index contributed by atoms with van der Waals surface area (Å²) in [5, 5.41) is 3.21. The Balaban J connectivity index is 0.00000261. The molecule has 2 saturated heterocycles. The molecule has 1 aromatic rings. The first-order valence-corrected chi connectivity index (χ1v) is 9.98. The van der Waals surface area contributed by atoms with Crippen molar-refractivity contribution in [2.24, 2.45) is 5.92 Å². The normalized spacial score (nSPS) is 19.5. The fourth-order valence-electron chi connectivity index (χ4n) is 4.15. The van der Waals surface area contributed by atoms with Crippen molar-refractivity contribution < 1.29 is 9.59 Å². The Morgan fingerprint density at radius 1 is 1.15 bits per heavy atom. The highest BCUT2D eigenvalue weighted by Gasteiger charge is 2.36. The molecule has 2 fully saturated rings. The number of rotatable bonds is 6. The molecule has 0 saturated carbocycles. The highest BCUT2D eigenvalue weighted by Crippen LogP contribution is 2.29.